The zero-order valence-corrected chi connectivity index (χ0v) is 15.4. The van der Waals surface area contributed by atoms with Gasteiger partial charge in [-0.1, -0.05) is 24.3 Å². The quantitative estimate of drug-likeness (QED) is 0.888. The first-order valence-electron chi connectivity index (χ1n) is 9.49. The molecule has 1 saturated heterocycles. The lowest BCUT2D eigenvalue weighted by molar-refractivity contribution is 0.0398. The molecular formula is C20H27N5O. The summed E-state index contributed by atoms with van der Waals surface area (Å²) in [5, 5.41) is 3.50. The molecule has 2 aliphatic rings. The van der Waals surface area contributed by atoms with E-state index in [-0.39, 0.29) is 0 Å². The topological polar surface area (TPSA) is 53.5 Å². The number of aryl methyl sites for hydroxylation is 1. The molecule has 0 amide bonds. The van der Waals surface area contributed by atoms with Gasteiger partial charge in [0.2, 0.25) is 5.95 Å². The van der Waals surface area contributed by atoms with E-state index in [4.69, 9.17) is 9.72 Å². The first-order chi connectivity index (χ1) is 12.8. The number of nitrogens with one attached hydrogen (secondary N) is 1. The highest BCUT2D eigenvalue weighted by Gasteiger charge is 2.19. The Hall–Kier alpha value is -2.18. The van der Waals surface area contributed by atoms with E-state index in [1.165, 1.54) is 11.1 Å². The molecule has 138 valence electrons. The molecule has 1 aromatic heterocycles. The normalized spacial score (nSPS) is 17.8. The van der Waals surface area contributed by atoms with E-state index in [2.05, 4.69) is 51.3 Å². The van der Waals surface area contributed by atoms with Gasteiger partial charge in [-0.25, -0.2) is 4.98 Å². The first kappa shape index (κ1) is 17.2. The van der Waals surface area contributed by atoms with Crippen molar-refractivity contribution >= 4 is 11.8 Å². The van der Waals surface area contributed by atoms with Crippen molar-refractivity contribution in [2.75, 3.05) is 56.2 Å². The van der Waals surface area contributed by atoms with Crippen LogP contribution in [0.1, 0.15) is 16.7 Å². The van der Waals surface area contributed by atoms with Crippen LogP contribution in [0.4, 0.5) is 11.8 Å². The number of ether oxygens (including phenoxy) is 1. The van der Waals surface area contributed by atoms with E-state index in [1.54, 1.807) is 0 Å². The summed E-state index contributed by atoms with van der Waals surface area (Å²) >= 11 is 0. The van der Waals surface area contributed by atoms with Gasteiger partial charge in [-0.15, -0.1) is 0 Å². The van der Waals surface area contributed by atoms with Crippen molar-refractivity contribution in [3.63, 3.8) is 0 Å². The fraction of sp³-hybridized carbons (Fsp3) is 0.500. The minimum absolute atomic E-state index is 0.818. The summed E-state index contributed by atoms with van der Waals surface area (Å²) in [4.78, 5) is 14.1. The molecule has 0 atom stereocenters. The Bertz CT molecular complexity index is 745. The Kier molecular flexibility index (Phi) is 5.32. The molecular weight excluding hydrogens is 326 g/mol. The molecule has 2 aliphatic heterocycles. The van der Waals surface area contributed by atoms with Crippen LogP contribution in [-0.2, 0) is 17.7 Å². The zero-order chi connectivity index (χ0) is 17.8. The van der Waals surface area contributed by atoms with Gasteiger partial charge < -0.3 is 15.0 Å². The minimum atomic E-state index is 0.818. The third kappa shape index (κ3) is 3.97. The van der Waals surface area contributed by atoms with Crippen molar-refractivity contribution in [3.05, 3.63) is 47.2 Å². The fourth-order valence-corrected chi connectivity index (χ4v) is 3.59. The second kappa shape index (κ2) is 8.01. The molecule has 0 spiro atoms. The predicted molar refractivity (Wildman–Crippen MR) is 104 cm³/mol. The summed E-state index contributed by atoms with van der Waals surface area (Å²) in [6.45, 7) is 9.53. The van der Waals surface area contributed by atoms with Crippen LogP contribution in [0.2, 0.25) is 0 Å². The smallest absolute Gasteiger partial charge is 0.227 e. The average molecular weight is 353 g/mol. The maximum atomic E-state index is 5.40. The van der Waals surface area contributed by atoms with E-state index >= 15 is 0 Å². The van der Waals surface area contributed by atoms with Crippen molar-refractivity contribution in [2.24, 2.45) is 0 Å². The molecule has 4 rings (SSSR count). The molecule has 2 aromatic rings. The van der Waals surface area contributed by atoms with Gasteiger partial charge in [0.15, 0.2) is 0 Å². The molecule has 0 bridgehead atoms. The summed E-state index contributed by atoms with van der Waals surface area (Å²) in [6, 6.07) is 8.66. The van der Waals surface area contributed by atoms with Gasteiger partial charge in [0.05, 0.1) is 13.2 Å². The third-order valence-corrected chi connectivity index (χ3v) is 5.20. The molecule has 0 saturated carbocycles. The molecule has 6 heteroatoms. The van der Waals surface area contributed by atoms with Crippen molar-refractivity contribution < 1.29 is 4.74 Å². The van der Waals surface area contributed by atoms with E-state index in [0.717, 1.165) is 76.2 Å². The van der Waals surface area contributed by atoms with Gasteiger partial charge in [-0.05, 0) is 24.5 Å². The maximum absolute atomic E-state index is 5.40. The molecule has 26 heavy (non-hydrogen) atoms. The van der Waals surface area contributed by atoms with E-state index in [9.17, 15) is 0 Å². The molecule has 0 radical (unpaired) electrons. The van der Waals surface area contributed by atoms with Gasteiger partial charge in [-0.2, -0.15) is 4.98 Å². The highest BCUT2D eigenvalue weighted by molar-refractivity contribution is 5.48. The first-order valence-corrected chi connectivity index (χ1v) is 9.49. The number of hydrogen-bond acceptors (Lipinski definition) is 6. The van der Waals surface area contributed by atoms with Gasteiger partial charge in [0.25, 0.3) is 0 Å². The van der Waals surface area contributed by atoms with Gasteiger partial charge in [0.1, 0.15) is 5.82 Å². The predicted octanol–water partition coefficient (Wildman–Crippen LogP) is 2.09. The minimum Gasteiger partial charge on any atom is -0.379 e. The van der Waals surface area contributed by atoms with Gasteiger partial charge in [-0.3, -0.25) is 4.90 Å². The lowest BCUT2D eigenvalue weighted by Gasteiger charge is -2.29. The standard InChI is InChI=1S/C20H27N5O/c1-16-14-22-20(25-8-6-17-4-2-3-5-18(17)15-25)23-19(16)21-7-9-24-10-12-26-13-11-24/h2-5,14H,6-13,15H2,1H3,(H,21,22,23). The molecule has 0 aliphatic carbocycles. The summed E-state index contributed by atoms with van der Waals surface area (Å²) < 4.78 is 5.40. The Morgan fingerprint density at radius 3 is 2.77 bits per heavy atom. The number of morpholine rings is 1. The average Bonchev–Trinajstić information content (AvgIpc) is 2.70. The molecule has 3 heterocycles. The number of nitrogens with zero attached hydrogens (tertiary/aromatic N) is 4. The Labute approximate surface area is 155 Å². The number of anilines is 2. The zero-order valence-electron chi connectivity index (χ0n) is 15.4. The van der Waals surface area contributed by atoms with Crippen LogP contribution in [0.25, 0.3) is 0 Å². The van der Waals surface area contributed by atoms with Crippen molar-refractivity contribution in [2.45, 2.75) is 19.9 Å². The monoisotopic (exact) mass is 353 g/mol. The molecule has 0 unspecified atom stereocenters. The summed E-state index contributed by atoms with van der Waals surface area (Å²) in [5.41, 5.74) is 3.91. The fourth-order valence-electron chi connectivity index (χ4n) is 3.59. The highest BCUT2D eigenvalue weighted by Crippen LogP contribution is 2.23. The number of fused-ring (bicyclic) bond motifs is 1. The van der Waals surface area contributed by atoms with Crippen molar-refractivity contribution in [1.82, 2.24) is 14.9 Å². The highest BCUT2D eigenvalue weighted by atomic mass is 16.5. The lowest BCUT2D eigenvalue weighted by Crippen LogP contribution is -2.39. The second-order valence-corrected chi connectivity index (χ2v) is 7.02. The van der Waals surface area contributed by atoms with E-state index in [1.807, 2.05) is 6.20 Å². The van der Waals surface area contributed by atoms with Crippen molar-refractivity contribution in [1.29, 1.82) is 0 Å². The summed E-state index contributed by atoms with van der Waals surface area (Å²) in [6.07, 6.45) is 2.98. The lowest BCUT2D eigenvalue weighted by atomic mass is 10.0. The van der Waals surface area contributed by atoms with Crippen LogP contribution in [0, 0.1) is 6.92 Å². The largest absolute Gasteiger partial charge is 0.379 e. The Morgan fingerprint density at radius 1 is 1.12 bits per heavy atom. The van der Waals surface area contributed by atoms with Crippen LogP contribution >= 0.6 is 0 Å². The van der Waals surface area contributed by atoms with Crippen LogP contribution < -0.4 is 10.2 Å². The van der Waals surface area contributed by atoms with Crippen LogP contribution in [-0.4, -0.2) is 60.8 Å². The number of rotatable bonds is 5. The number of aromatic nitrogens is 2. The Morgan fingerprint density at radius 2 is 1.92 bits per heavy atom. The van der Waals surface area contributed by atoms with Crippen LogP contribution in [0.15, 0.2) is 30.5 Å². The summed E-state index contributed by atoms with van der Waals surface area (Å²) in [7, 11) is 0. The number of hydrogen-bond donors (Lipinski definition) is 1. The third-order valence-electron chi connectivity index (χ3n) is 5.20. The molecule has 1 N–H and O–H groups in total. The van der Waals surface area contributed by atoms with Crippen LogP contribution in [0.3, 0.4) is 0 Å². The van der Waals surface area contributed by atoms with E-state index in [0.29, 0.717) is 0 Å². The van der Waals surface area contributed by atoms with Gasteiger partial charge in [0, 0.05) is 51.0 Å². The maximum Gasteiger partial charge on any atom is 0.227 e. The molecule has 6 nitrogen and oxygen atoms in total. The van der Waals surface area contributed by atoms with Crippen LogP contribution in [0.5, 0.6) is 0 Å². The Balaban J connectivity index is 1.40. The molecule has 1 aromatic carbocycles. The van der Waals surface area contributed by atoms with E-state index < -0.39 is 0 Å². The second-order valence-electron chi connectivity index (χ2n) is 7.02. The van der Waals surface area contributed by atoms with Gasteiger partial charge >= 0.3 is 0 Å². The van der Waals surface area contributed by atoms with Crippen molar-refractivity contribution in [3.8, 4) is 0 Å². The SMILES string of the molecule is Cc1cnc(N2CCc3ccccc3C2)nc1NCCN1CCOCC1. The number of benzene rings is 1. The molecule has 1 fully saturated rings. The summed E-state index contributed by atoms with van der Waals surface area (Å²) in [5.74, 6) is 1.76.